The van der Waals surface area contributed by atoms with Gasteiger partial charge in [0.15, 0.2) is 0 Å². The minimum Gasteiger partial charge on any atom is -0.422 e. The van der Waals surface area contributed by atoms with Gasteiger partial charge in [-0.25, -0.2) is 14.3 Å². The van der Waals surface area contributed by atoms with Crippen LogP contribution in [0.2, 0.25) is 0 Å². The monoisotopic (exact) mass is 481 g/mol. The van der Waals surface area contributed by atoms with Crippen molar-refractivity contribution < 1.29 is 14.0 Å². The Balaban J connectivity index is 1.43. The van der Waals surface area contributed by atoms with Gasteiger partial charge in [0.05, 0.1) is 17.5 Å². The summed E-state index contributed by atoms with van der Waals surface area (Å²) < 4.78 is 7.15. The van der Waals surface area contributed by atoms with Crippen LogP contribution in [0.15, 0.2) is 81.2 Å². The average molecular weight is 482 g/mol. The van der Waals surface area contributed by atoms with Gasteiger partial charge in [-0.1, -0.05) is 55.7 Å². The van der Waals surface area contributed by atoms with Gasteiger partial charge >= 0.3 is 11.7 Å². The summed E-state index contributed by atoms with van der Waals surface area (Å²) >= 11 is 0. The highest BCUT2D eigenvalue weighted by molar-refractivity contribution is 6.07. The second kappa shape index (κ2) is 8.60. The lowest BCUT2D eigenvalue weighted by atomic mass is 9.82. The summed E-state index contributed by atoms with van der Waals surface area (Å²) in [6.45, 7) is 0. The molecule has 0 bridgehead atoms. The number of carbonyl (C=O) groups is 2. The molecule has 0 atom stereocenters. The van der Waals surface area contributed by atoms with Gasteiger partial charge in [-0.3, -0.25) is 4.79 Å². The van der Waals surface area contributed by atoms with Crippen molar-refractivity contribution in [1.29, 1.82) is 0 Å². The van der Waals surface area contributed by atoms with Crippen molar-refractivity contribution in [1.82, 2.24) is 20.1 Å². The number of carbonyl (C=O) groups excluding carboxylic acids is 2. The number of fused-ring (bicyclic) bond motifs is 1. The lowest BCUT2D eigenvalue weighted by Gasteiger charge is -2.29. The van der Waals surface area contributed by atoms with E-state index in [4.69, 9.17) is 4.42 Å². The summed E-state index contributed by atoms with van der Waals surface area (Å²) in [7, 11) is 0. The molecule has 2 aliphatic rings. The topological polar surface area (TPSA) is 110 Å². The minimum atomic E-state index is -0.872. The van der Waals surface area contributed by atoms with E-state index in [0.717, 1.165) is 35.3 Å². The molecule has 1 spiro atoms. The number of hydrogen-bond donors (Lipinski definition) is 1. The maximum Gasteiger partial charge on any atom is 0.346 e. The molecular weight excluding hydrogens is 458 g/mol. The summed E-state index contributed by atoms with van der Waals surface area (Å²) in [6.07, 6.45) is 7.14. The first-order chi connectivity index (χ1) is 17.5. The molecule has 1 saturated heterocycles. The van der Waals surface area contributed by atoms with Crippen LogP contribution < -0.4 is 10.9 Å². The fraction of sp³-hybridized carbons (Fsp3) is 0.222. The zero-order valence-electron chi connectivity index (χ0n) is 19.4. The van der Waals surface area contributed by atoms with Crippen molar-refractivity contribution in [2.45, 2.75) is 37.6 Å². The molecular formula is C27H23N5O4. The molecule has 9 heteroatoms. The number of para-hydroxylation sites is 2. The lowest BCUT2D eigenvalue weighted by molar-refractivity contribution is -0.132. The highest BCUT2D eigenvalue weighted by atomic mass is 16.4. The maximum absolute atomic E-state index is 13.1. The number of urea groups is 1. The number of benzene rings is 2. The van der Waals surface area contributed by atoms with Crippen LogP contribution in [-0.4, -0.2) is 38.5 Å². The molecule has 3 amide bonds. The minimum absolute atomic E-state index is 0.255. The summed E-state index contributed by atoms with van der Waals surface area (Å²) in [4.78, 5) is 38.7. The van der Waals surface area contributed by atoms with E-state index in [1.54, 1.807) is 29.1 Å². The molecule has 9 nitrogen and oxygen atoms in total. The van der Waals surface area contributed by atoms with Gasteiger partial charge in [0, 0.05) is 17.1 Å². The largest absolute Gasteiger partial charge is 0.422 e. The molecule has 2 fully saturated rings. The fourth-order valence-electron chi connectivity index (χ4n) is 4.96. The second-order valence-corrected chi connectivity index (χ2v) is 9.13. The number of aromatic nitrogens is 2. The van der Waals surface area contributed by atoms with Gasteiger partial charge in [0.25, 0.3) is 5.91 Å². The van der Waals surface area contributed by atoms with E-state index in [1.807, 2.05) is 42.5 Å². The Labute approximate surface area is 206 Å². The quantitative estimate of drug-likeness (QED) is 0.266. The van der Waals surface area contributed by atoms with E-state index >= 15 is 0 Å². The van der Waals surface area contributed by atoms with Gasteiger partial charge in [-0.15, -0.1) is 5.01 Å². The molecule has 2 aromatic heterocycles. The van der Waals surface area contributed by atoms with E-state index in [0.29, 0.717) is 29.7 Å². The van der Waals surface area contributed by atoms with E-state index in [-0.39, 0.29) is 11.5 Å². The molecule has 4 aromatic rings. The smallest absolute Gasteiger partial charge is 0.346 e. The summed E-state index contributed by atoms with van der Waals surface area (Å²) in [5.74, 6) is -0.342. The Kier molecular flexibility index (Phi) is 5.25. The first-order valence-corrected chi connectivity index (χ1v) is 11.9. The zero-order valence-corrected chi connectivity index (χ0v) is 19.4. The predicted molar refractivity (Wildman–Crippen MR) is 134 cm³/mol. The SMILES string of the molecule is O=C1NC2(CCCCC2)C(=O)N1N=Cc1cn(-c2ccccc2)nc1-c1cc2ccccc2oc1=O. The molecule has 1 saturated carbocycles. The Hall–Kier alpha value is -4.53. The average Bonchev–Trinajstić information content (AvgIpc) is 3.42. The van der Waals surface area contributed by atoms with Crippen molar-refractivity contribution in [2.75, 3.05) is 0 Å². The van der Waals surface area contributed by atoms with E-state index in [1.165, 1.54) is 6.21 Å². The molecule has 36 heavy (non-hydrogen) atoms. The molecule has 1 aliphatic carbocycles. The van der Waals surface area contributed by atoms with Crippen LogP contribution in [0.25, 0.3) is 27.9 Å². The molecule has 2 aromatic carbocycles. The van der Waals surface area contributed by atoms with E-state index in [9.17, 15) is 14.4 Å². The Morgan fingerprint density at radius 1 is 0.972 bits per heavy atom. The highest BCUT2D eigenvalue weighted by Gasteiger charge is 2.51. The summed E-state index contributed by atoms with van der Waals surface area (Å²) in [5.41, 5.74) is 0.890. The normalized spacial score (nSPS) is 17.4. The van der Waals surface area contributed by atoms with Crippen molar-refractivity contribution >= 4 is 29.1 Å². The van der Waals surface area contributed by atoms with E-state index < -0.39 is 17.2 Å². The van der Waals surface area contributed by atoms with Crippen LogP contribution in [0.1, 0.15) is 37.7 Å². The number of imide groups is 1. The van der Waals surface area contributed by atoms with Crippen molar-refractivity contribution in [2.24, 2.45) is 5.10 Å². The number of nitrogens with zero attached hydrogens (tertiary/aromatic N) is 4. The number of amides is 3. The third-order valence-corrected chi connectivity index (χ3v) is 6.82. The summed E-state index contributed by atoms with van der Waals surface area (Å²) in [5, 5.41) is 13.4. The van der Waals surface area contributed by atoms with Gasteiger partial charge in [-0.2, -0.15) is 10.2 Å². The highest BCUT2D eigenvalue weighted by Crippen LogP contribution is 2.34. The summed E-state index contributed by atoms with van der Waals surface area (Å²) in [6, 6.07) is 17.8. The molecule has 6 rings (SSSR count). The number of rotatable bonds is 4. The van der Waals surface area contributed by atoms with Gasteiger partial charge < -0.3 is 9.73 Å². The number of nitrogens with one attached hydrogen (secondary N) is 1. The van der Waals surface area contributed by atoms with Gasteiger partial charge in [0.1, 0.15) is 16.8 Å². The van der Waals surface area contributed by atoms with Crippen molar-refractivity contribution in [3.8, 4) is 16.9 Å². The standard InChI is InChI=1S/C27H23N5O4/c33-24-21(15-18-9-5-6-12-22(18)36-24)23-19(17-31(30-23)20-10-3-1-4-11-20)16-28-32-25(34)27(29-26(32)35)13-7-2-8-14-27/h1,3-6,9-12,15-17H,2,7-8,13-14H2,(H,29,35). The molecule has 3 heterocycles. The van der Waals surface area contributed by atoms with Crippen molar-refractivity contribution in [3.05, 3.63) is 82.8 Å². The van der Waals surface area contributed by atoms with Crippen LogP contribution >= 0.6 is 0 Å². The van der Waals surface area contributed by atoms with Gasteiger partial charge in [0.2, 0.25) is 0 Å². The Morgan fingerprint density at radius 2 is 1.72 bits per heavy atom. The number of hydrazone groups is 1. The third-order valence-electron chi connectivity index (χ3n) is 6.82. The van der Waals surface area contributed by atoms with E-state index in [2.05, 4.69) is 15.5 Å². The van der Waals surface area contributed by atoms with Crippen LogP contribution in [0, 0.1) is 0 Å². The first kappa shape index (κ1) is 22.0. The van der Waals surface area contributed by atoms with Crippen LogP contribution in [-0.2, 0) is 4.79 Å². The molecule has 180 valence electrons. The van der Waals surface area contributed by atoms with Crippen molar-refractivity contribution in [3.63, 3.8) is 0 Å². The first-order valence-electron chi connectivity index (χ1n) is 11.9. The Bertz CT molecular complexity index is 1560. The third kappa shape index (κ3) is 3.69. The molecule has 0 radical (unpaired) electrons. The molecule has 1 N–H and O–H groups in total. The van der Waals surface area contributed by atoms with Crippen LogP contribution in [0.4, 0.5) is 4.79 Å². The molecule has 1 aliphatic heterocycles. The maximum atomic E-state index is 13.1. The second-order valence-electron chi connectivity index (χ2n) is 9.13. The molecule has 0 unspecified atom stereocenters. The van der Waals surface area contributed by atoms with Crippen LogP contribution in [0.5, 0.6) is 0 Å². The fourth-order valence-corrected chi connectivity index (χ4v) is 4.96. The predicted octanol–water partition coefficient (Wildman–Crippen LogP) is 4.23. The lowest BCUT2D eigenvalue weighted by Crippen LogP contribution is -2.48. The Morgan fingerprint density at radius 3 is 2.53 bits per heavy atom. The zero-order chi connectivity index (χ0) is 24.7. The van der Waals surface area contributed by atoms with Gasteiger partial charge in [-0.05, 0) is 37.1 Å². The van der Waals surface area contributed by atoms with Crippen LogP contribution in [0.3, 0.4) is 0 Å². The number of hydrogen-bond acceptors (Lipinski definition) is 6.